The highest BCUT2D eigenvalue weighted by atomic mass is 35.5. The van der Waals surface area contributed by atoms with Crippen LogP contribution in [0.4, 0.5) is 0 Å². The molecule has 0 saturated heterocycles. The third kappa shape index (κ3) is 2.22. The van der Waals surface area contributed by atoms with Crippen molar-refractivity contribution in [3.05, 3.63) is 28.0 Å². The normalized spacial score (nSPS) is 13.1. The molecule has 1 rings (SSSR count). The van der Waals surface area contributed by atoms with Gasteiger partial charge in [0.2, 0.25) is 0 Å². The van der Waals surface area contributed by atoms with Crippen LogP contribution in [0.2, 0.25) is 10.2 Å². The van der Waals surface area contributed by atoms with Gasteiger partial charge in [-0.05, 0) is 13.0 Å². The van der Waals surface area contributed by atoms with E-state index in [-0.39, 0.29) is 5.38 Å². The van der Waals surface area contributed by atoms with Crippen molar-refractivity contribution in [2.45, 2.75) is 12.3 Å². The van der Waals surface area contributed by atoms with E-state index in [1.54, 1.807) is 12.3 Å². The largest absolute Gasteiger partial charge is 0.244 e. The van der Waals surface area contributed by atoms with E-state index < -0.39 is 0 Å². The van der Waals surface area contributed by atoms with Crippen LogP contribution in [0.3, 0.4) is 0 Å². The van der Waals surface area contributed by atoms with Crippen LogP contribution in [0.15, 0.2) is 12.3 Å². The van der Waals surface area contributed by atoms with E-state index in [2.05, 4.69) is 4.98 Å². The van der Waals surface area contributed by atoms with Crippen molar-refractivity contribution in [1.29, 1.82) is 0 Å². The van der Waals surface area contributed by atoms with E-state index in [9.17, 15) is 0 Å². The van der Waals surface area contributed by atoms with Crippen LogP contribution in [-0.4, -0.2) is 4.98 Å². The minimum Gasteiger partial charge on any atom is -0.244 e. The van der Waals surface area contributed by atoms with Crippen LogP contribution < -0.4 is 0 Å². The second kappa shape index (κ2) is 3.61. The molecule has 0 saturated carbocycles. The lowest BCUT2D eigenvalue weighted by Gasteiger charge is -2.04. The van der Waals surface area contributed by atoms with Gasteiger partial charge in [-0.25, -0.2) is 4.98 Å². The molecule has 60 valence electrons. The topological polar surface area (TPSA) is 12.9 Å². The third-order valence-corrected chi connectivity index (χ3v) is 2.05. The van der Waals surface area contributed by atoms with Crippen LogP contribution in [0.5, 0.6) is 0 Å². The molecule has 4 heteroatoms. The first-order valence-electron chi connectivity index (χ1n) is 3.06. The van der Waals surface area contributed by atoms with Gasteiger partial charge in [-0.1, -0.05) is 23.2 Å². The summed E-state index contributed by atoms with van der Waals surface area (Å²) >= 11 is 17.2. The summed E-state index contributed by atoms with van der Waals surface area (Å²) in [6.45, 7) is 1.83. The number of halogens is 3. The Morgan fingerprint density at radius 1 is 1.45 bits per heavy atom. The summed E-state index contributed by atoms with van der Waals surface area (Å²) < 4.78 is 0. The number of aromatic nitrogens is 1. The Balaban J connectivity index is 3.09. The lowest BCUT2D eigenvalue weighted by atomic mass is 10.2. The van der Waals surface area contributed by atoms with Gasteiger partial charge >= 0.3 is 0 Å². The summed E-state index contributed by atoms with van der Waals surface area (Å²) in [5.41, 5.74) is 0.803. The molecule has 0 amide bonds. The molecular formula is C7H6Cl3N. The van der Waals surface area contributed by atoms with Crippen molar-refractivity contribution >= 4 is 34.8 Å². The molecule has 0 bridgehead atoms. The third-order valence-electron chi connectivity index (χ3n) is 1.28. The van der Waals surface area contributed by atoms with Crippen molar-refractivity contribution in [1.82, 2.24) is 4.98 Å². The van der Waals surface area contributed by atoms with Gasteiger partial charge in [0, 0.05) is 16.8 Å². The van der Waals surface area contributed by atoms with E-state index in [1.165, 1.54) is 0 Å². The minimum absolute atomic E-state index is 0.132. The fourth-order valence-electron chi connectivity index (χ4n) is 0.711. The summed E-state index contributed by atoms with van der Waals surface area (Å²) in [5.74, 6) is 0. The number of hydrogen-bond donors (Lipinski definition) is 0. The predicted molar refractivity (Wildman–Crippen MR) is 48.5 cm³/mol. The molecule has 11 heavy (non-hydrogen) atoms. The first-order valence-corrected chi connectivity index (χ1v) is 4.25. The Hall–Kier alpha value is 0.0200. The smallest absolute Gasteiger partial charge is 0.130 e. The molecule has 0 aliphatic heterocycles. The Kier molecular flexibility index (Phi) is 2.99. The van der Waals surface area contributed by atoms with Gasteiger partial charge in [0.05, 0.1) is 5.38 Å². The molecule has 0 aromatic carbocycles. The Labute approximate surface area is 80.3 Å². The Morgan fingerprint density at radius 3 is 2.55 bits per heavy atom. The van der Waals surface area contributed by atoms with Gasteiger partial charge < -0.3 is 0 Å². The molecule has 0 aliphatic carbocycles. The molecule has 0 radical (unpaired) electrons. The van der Waals surface area contributed by atoms with Gasteiger partial charge in [0.25, 0.3) is 0 Å². The molecular weight excluding hydrogens is 204 g/mol. The second-order valence-corrected chi connectivity index (χ2v) is 3.59. The zero-order chi connectivity index (χ0) is 8.43. The summed E-state index contributed by atoms with van der Waals surface area (Å²) in [6.07, 6.45) is 1.59. The maximum Gasteiger partial charge on any atom is 0.130 e. The van der Waals surface area contributed by atoms with Gasteiger partial charge in [-0.3, -0.25) is 0 Å². The lowest BCUT2D eigenvalue weighted by Crippen LogP contribution is -1.87. The highest BCUT2D eigenvalue weighted by molar-refractivity contribution is 6.35. The van der Waals surface area contributed by atoms with Crippen molar-refractivity contribution in [2.75, 3.05) is 0 Å². The summed E-state index contributed by atoms with van der Waals surface area (Å²) in [4.78, 5) is 3.86. The first-order chi connectivity index (χ1) is 5.11. The molecule has 1 aromatic rings. The quantitative estimate of drug-likeness (QED) is 0.509. The van der Waals surface area contributed by atoms with Crippen LogP contribution >= 0.6 is 34.8 Å². The highest BCUT2D eigenvalue weighted by Gasteiger charge is 2.06. The fourth-order valence-corrected chi connectivity index (χ4v) is 1.47. The monoisotopic (exact) mass is 209 g/mol. The zero-order valence-corrected chi connectivity index (χ0v) is 8.08. The molecule has 0 fully saturated rings. The van der Waals surface area contributed by atoms with Gasteiger partial charge in [-0.2, -0.15) is 0 Å². The van der Waals surface area contributed by atoms with Crippen molar-refractivity contribution in [3.8, 4) is 0 Å². The fraction of sp³-hybridized carbons (Fsp3) is 0.286. The second-order valence-electron chi connectivity index (χ2n) is 2.14. The first kappa shape index (κ1) is 9.11. The van der Waals surface area contributed by atoms with E-state index in [0.717, 1.165) is 5.56 Å². The standard InChI is InChI=1S/C7H6Cl3N/c1-4(8)5-3-11-7(10)2-6(5)9/h2-4H,1H3. The lowest BCUT2D eigenvalue weighted by molar-refractivity contribution is 1.06. The Bertz CT molecular complexity index is 260. The van der Waals surface area contributed by atoms with Crippen LogP contribution in [0, 0.1) is 0 Å². The Morgan fingerprint density at radius 2 is 2.09 bits per heavy atom. The summed E-state index contributed by atoms with van der Waals surface area (Å²) in [6, 6.07) is 1.58. The maximum atomic E-state index is 5.82. The summed E-state index contributed by atoms with van der Waals surface area (Å²) in [7, 11) is 0. The molecule has 0 spiro atoms. The molecule has 1 atom stereocenters. The molecule has 0 aliphatic rings. The van der Waals surface area contributed by atoms with Crippen molar-refractivity contribution < 1.29 is 0 Å². The molecule has 1 unspecified atom stereocenters. The van der Waals surface area contributed by atoms with Gasteiger partial charge in [0.15, 0.2) is 0 Å². The van der Waals surface area contributed by atoms with Crippen molar-refractivity contribution in [3.63, 3.8) is 0 Å². The maximum absolute atomic E-state index is 5.82. The predicted octanol–water partition coefficient (Wildman–Crippen LogP) is 3.69. The molecule has 0 N–H and O–H groups in total. The molecule has 1 aromatic heterocycles. The van der Waals surface area contributed by atoms with Crippen LogP contribution in [0.25, 0.3) is 0 Å². The number of nitrogens with zero attached hydrogens (tertiary/aromatic N) is 1. The average molecular weight is 210 g/mol. The number of alkyl halides is 1. The van der Waals surface area contributed by atoms with E-state index in [1.807, 2.05) is 6.92 Å². The minimum atomic E-state index is -0.132. The van der Waals surface area contributed by atoms with Gasteiger partial charge in [0.1, 0.15) is 5.15 Å². The van der Waals surface area contributed by atoms with E-state index >= 15 is 0 Å². The van der Waals surface area contributed by atoms with Crippen LogP contribution in [0.1, 0.15) is 17.9 Å². The van der Waals surface area contributed by atoms with Gasteiger partial charge in [-0.15, -0.1) is 11.6 Å². The van der Waals surface area contributed by atoms with E-state index in [0.29, 0.717) is 10.2 Å². The average Bonchev–Trinajstić information content (AvgIpc) is 1.85. The summed E-state index contributed by atoms with van der Waals surface area (Å²) in [5, 5.41) is 0.816. The SMILES string of the molecule is CC(Cl)c1cnc(Cl)cc1Cl. The number of pyridine rings is 1. The number of hydrogen-bond acceptors (Lipinski definition) is 1. The van der Waals surface area contributed by atoms with E-state index in [4.69, 9.17) is 34.8 Å². The van der Waals surface area contributed by atoms with Crippen molar-refractivity contribution in [2.24, 2.45) is 0 Å². The highest BCUT2D eigenvalue weighted by Crippen LogP contribution is 2.27. The molecule has 1 nitrogen and oxygen atoms in total. The zero-order valence-electron chi connectivity index (χ0n) is 5.81. The number of rotatable bonds is 1. The molecule has 1 heterocycles. The van der Waals surface area contributed by atoms with Crippen LogP contribution in [-0.2, 0) is 0 Å².